The van der Waals surface area contributed by atoms with Crippen LogP contribution in [0.5, 0.6) is 0 Å². The maximum atomic E-state index is 12.6. The van der Waals surface area contributed by atoms with Gasteiger partial charge >= 0.3 is 6.03 Å². The summed E-state index contributed by atoms with van der Waals surface area (Å²) < 4.78 is 0. The number of hydrogen-bond donors (Lipinski definition) is 2. The van der Waals surface area contributed by atoms with Gasteiger partial charge in [0.25, 0.3) is 5.91 Å². The first-order valence-corrected chi connectivity index (χ1v) is 9.00. The maximum absolute atomic E-state index is 12.6. The number of anilines is 1. The van der Waals surface area contributed by atoms with E-state index in [1.165, 1.54) is 6.33 Å². The van der Waals surface area contributed by atoms with Crippen LogP contribution in [0.3, 0.4) is 0 Å². The Kier molecular flexibility index (Phi) is 4.21. The Morgan fingerprint density at radius 1 is 1.15 bits per heavy atom. The molecule has 2 aliphatic heterocycles. The highest BCUT2D eigenvalue weighted by molar-refractivity contribution is 6.07. The molecule has 2 N–H and O–H groups in total. The minimum absolute atomic E-state index is 0.0305. The van der Waals surface area contributed by atoms with Gasteiger partial charge in [0.1, 0.15) is 11.9 Å². The van der Waals surface area contributed by atoms with Crippen molar-refractivity contribution in [2.75, 3.05) is 31.1 Å². The highest BCUT2D eigenvalue weighted by Gasteiger charge is 2.55. The van der Waals surface area contributed by atoms with Crippen molar-refractivity contribution in [3.8, 4) is 0 Å². The van der Waals surface area contributed by atoms with Crippen molar-refractivity contribution in [3.63, 3.8) is 0 Å². The second-order valence-corrected chi connectivity index (χ2v) is 7.12. The Morgan fingerprint density at radius 2 is 1.85 bits per heavy atom. The number of rotatable bonds is 5. The number of amides is 4. The van der Waals surface area contributed by atoms with E-state index in [0.29, 0.717) is 19.5 Å². The molecule has 138 valence electrons. The van der Waals surface area contributed by atoms with E-state index in [-0.39, 0.29) is 24.2 Å². The van der Waals surface area contributed by atoms with Gasteiger partial charge in [0.2, 0.25) is 5.91 Å². The maximum Gasteiger partial charge on any atom is 0.322 e. The van der Waals surface area contributed by atoms with Crippen molar-refractivity contribution in [1.82, 2.24) is 25.5 Å². The van der Waals surface area contributed by atoms with E-state index in [1.54, 1.807) is 12.4 Å². The minimum Gasteiger partial charge on any atom is -0.365 e. The van der Waals surface area contributed by atoms with Gasteiger partial charge in [-0.3, -0.25) is 14.9 Å². The highest BCUT2D eigenvalue weighted by atomic mass is 16.2. The number of nitrogens with zero attached hydrogens (tertiary/aromatic N) is 4. The second-order valence-electron chi connectivity index (χ2n) is 7.12. The van der Waals surface area contributed by atoms with Crippen molar-refractivity contribution in [3.05, 3.63) is 18.7 Å². The fourth-order valence-electron chi connectivity index (χ4n) is 3.88. The third kappa shape index (κ3) is 3.09. The Balaban J connectivity index is 1.32. The first kappa shape index (κ1) is 16.7. The molecule has 1 aromatic heterocycles. The van der Waals surface area contributed by atoms with Gasteiger partial charge in [-0.1, -0.05) is 0 Å². The lowest BCUT2D eigenvalue weighted by molar-refractivity contribution is -0.132. The minimum atomic E-state index is -0.893. The van der Waals surface area contributed by atoms with Crippen LogP contribution < -0.4 is 15.5 Å². The standard InChI is InChI=1S/C17H22N6O3/c24-14(3-4-17(12-1-2-12)15(25)20-16(26)21-17)23-7-5-22(6-8-23)13-9-18-11-19-10-13/h9-12H,1-8H2,(H2,20,21,25,26). The smallest absolute Gasteiger partial charge is 0.322 e. The molecule has 3 heterocycles. The Hall–Kier alpha value is -2.71. The van der Waals surface area contributed by atoms with Gasteiger partial charge in [-0.15, -0.1) is 0 Å². The van der Waals surface area contributed by atoms with Crippen LogP contribution in [0.15, 0.2) is 18.7 Å². The number of imide groups is 1. The lowest BCUT2D eigenvalue weighted by Crippen LogP contribution is -2.51. The average Bonchev–Trinajstić information content (AvgIpc) is 3.47. The van der Waals surface area contributed by atoms with Gasteiger partial charge in [0.05, 0.1) is 18.1 Å². The summed E-state index contributed by atoms with van der Waals surface area (Å²) in [4.78, 5) is 48.4. The molecular weight excluding hydrogens is 336 g/mol. The van der Waals surface area contributed by atoms with E-state index in [4.69, 9.17) is 0 Å². The number of carbonyl (C=O) groups excluding carboxylic acids is 3. The van der Waals surface area contributed by atoms with E-state index in [1.807, 2.05) is 4.90 Å². The van der Waals surface area contributed by atoms with Crippen LogP contribution in [0.1, 0.15) is 25.7 Å². The fourth-order valence-corrected chi connectivity index (χ4v) is 3.88. The van der Waals surface area contributed by atoms with Crippen molar-refractivity contribution in [2.45, 2.75) is 31.2 Å². The third-order valence-corrected chi connectivity index (χ3v) is 5.52. The van der Waals surface area contributed by atoms with Crippen LogP contribution in [-0.4, -0.2) is 64.4 Å². The van der Waals surface area contributed by atoms with E-state index in [0.717, 1.165) is 31.6 Å². The second kappa shape index (κ2) is 6.54. The number of urea groups is 1. The van der Waals surface area contributed by atoms with E-state index in [2.05, 4.69) is 25.5 Å². The number of piperazine rings is 1. The summed E-state index contributed by atoms with van der Waals surface area (Å²) in [6.07, 6.45) is 7.49. The molecule has 3 fully saturated rings. The summed E-state index contributed by atoms with van der Waals surface area (Å²) in [6, 6.07) is -0.451. The molecule has 0 spiro atoms. The summed E-state index contributed by atoms with van der Waals surface area (Å²) in [5, 5.41) is 5.10. The number of nitrogens with one attached hydrogen (secondary N) is 2. The molecule has 0 aromatic carbocycles. The normalized spacial score (nSPS) is 25.8. The summed E-state index contributed by atoms with van der Waals surface area (Å²) >= 11 is 0. The van der Waals surface area contributed by atoms with Crippen LogP contribution in [0.4, 0.5) is 10.5 Å². The number of aromatic nitrogens is 2. The van der Waals surface area contributed by atoms with Crippen LogP contribution in [-0.2, 0) is 9.59 Å². The largest absolute Gasteiger partial charge is 0.365 e. The summed E-state index contributed by atoms with van der Waals surface area (Å²) in [7, 11) is 0. The van der Waals surface area contributed by atoms with Gasteiger partial charge in [-0.05, 0) is 25.2 Å². The van der Waals surface area contributed by atoms with Gasteiger partial charge in [-0.25, -0.2) is 14.8 Å². The molecule has 9 heteroatoms. The predicted octanol–water partition coefficient (Wildman–Crippen LogP) is -0.106. The Morgan fingerprint density at radius 3 is 2.42 bits per heavy atom. The first-order chi connectivity index (χ1) is 12.6. The molecule has 1 saturated carbocycles. The monoisotopic (exact) mass is 358 g/mol. The Bertz CT molecular complexity index is 714. The molecule has 9 nitrogen and oxygen atoms in total. The fraction of sp³-hybridized carbons (Fsp3) is 0.588. The zero-order valence-corrected chi connectivity index (χ0v) is 14.5. The molecule has 1 aromatic rings. The SMILES string of the molecule is O=C1NC(=O)C(CCC(=O)N2CCN(c3cncnc3)CC2)(C2CC2)N1. The van der Waals surface area contributed by atoms with Crippen LogP contribution in [0.2, 0.25) is 0 Å². The molecule has 4 amide bonds. The molecule has 0 radical (unpaired) electrons. The van der Waals surface area contributed by atoms with E-state index >= 15 is 0 Å². The first-order valence-electron chi connectivity index (χ1n) is 9.00. The van der Waals surface area contributed by atoms with Gasteiger partial charge in [0.15, 0.2) is 0 Å². The molecule has 1 unspecified atom stereocenters. The molecule has 1 aliphatic carbocycles. The van der Waals surface area contributed by atoms with E-state index in [9.17, 15) is 14.4 Å². The predicted molar refractivity (Wildman–Crippen MR) is 92.2 cm³/mol. The van der Waals surface area contributed by atoms with Crippen LogP contribution in [0, 0.1) is 5.92 Å². The van der Waals surface area contributed by atoms with Crippen molar-refractivity contribution in [2.24, 2.45) is 5.92 Å². The molecular formula is C17H22N6O3. The Labute approximate surface area is 151 Å². The molecule has 2 saturated heterocycles. The van der Waals surface area contributed by atoms with Gasteiger partial charge < -0.3 is 15.1 Å². The van der Waals surface area contributed by atoms with Crippen molar-refractivity contribution >= 4 is 23.5 Å². The number of hydrogen-bond acceptors (Lipinski definition) is 6. The van der Waals surface area contributed by atoms with Gasteiger partial charge in [0, 0.05) is 32.6 Å². The quantitative estimate of drug-likeness (QED) is 0.712. The number of carbonyl (C=O) groups is 3. The van der Waals surface area contributed by atoms with Crippen molar-refractivity contribution in [1.29, 1.82) is 0 Å². The van der Waals surface area contributed by atoms with Crippen molar-refractivity contribution < 1.29 is 14.4 Å². The summed E-state index contributed by atoms with van der Waals surface area (Å²) in [6.45, 7) is 2.71. The molecule has 26 heavy (non-hydrogen) atoms. The van der Waals surface area contributed by atoms with Crippen LogP contribution >= 0.6 is 0 Å². The summed E-state index contributed by atoms with van der Waals surface area (Å²) in [5.74, 6) is -0.105. The molecule has 4 rings (SSSR count). The van der Waals surface area contributed by atoms with E-state index < -0.39 is 11.6 Å². The van der Waals surface area contributed by atoms with Crippen LogP contribution in [0.25, 0.3) is 0 Å². The highest BCUT2D eigenvalue weighted by Crippen LogP contribution is 2.43. The lowest BCUT2D eigenvalue weighted by atomic mass is 9.87. The zero-order chi connectivity index (χ0) is 18.1. The molecule has 0 bridgehead atoms. The lowest BCUT2D eigenvalue weighted by Gasteiger charge is -2.36. The third-order valence-electron chi connectivity index (χ3n) is 5.52. The van der Waals surface area contributed by atoms with Gasteiger partial charge in [-0.2, -0.15) is 0 Å². The summed E-state index contributed by atoms with van der Waals surface area (Å²) in [5.41, 5.74) is 0.0632. The topological polar surface area (TPSA) is 108 Å². The zero-order valence-electron chi connectivity index (χ0n) is 14.5. The molecule has 1 atom stereocenters. The average molecular weight is 358 g/mol. The molecule has 3 aliphatic rings.